The fraction of sp³-hybridized carbons (Fsp3) is 0.286. The van der Waals surface area contributed by atoms with Crippen LogP contribution in [0.25, 0.3) is 0 Å². The summed E-state index contributed by atoms with van der Waals surface area (Å²) in [5.41, 5.74) is 0. The van der Waals surface area contributed by atoms with E-state index in [4.69, 9.17) is 19.6 Å². The van der Waals surface area contributed by atoms with Crippen LogP contribution in [0.1, 0.15) is 0 Å². The maximum atomic E-state index is 13.2. The minimum absolute atomic E-state index is 0.725. The van der Waals surface area contributed by atoms with E-state index in [1.807, 2.05) is 0 Å². The topological polar surface area (TPSA) is 119 Å². The van der Waals surface area contributed by atoms with Crippen LogP contribution in [0.4, 0.5) is 4.39 Å². The minimum Gasteiger partial charge on any atom is -0.324 e. The highest BCUT2D eigenvalue weighted by Gasteiger charge is 2.46. The Kier molecular flexibility index (Phi) is 4.19. The molecule has 0 spiro atoms. The summed E-state index contributed by atoms with van der Waals surface area (Å²) in [4.78, 5) is 35.4. The molecule has 0 aliphatic rings. The number of halogens is 1. The van der Waals surface area contributed by atoms with Crippen molar-refractivity contribution in [2.75, 3.05) is 0 Å². The van der Waals surface area contributed by atoms with Crippen LogP contribution in [-0.4, -0.2) is 25.0 Å². The van der Waals surface area contributed by atoms with Crippen LogP contribution in [-0.2, 0) is 15.7 Å². The maximum absolute atomic E-state index is 13.2. The first-order chi connectivity index (χ1) is 7.62. The standard InChI is InChI=1S/C7H10FNO6P2/c8-6-3-1-2-4-9(6)5-7(16(10,11)12)17(13,14)15/h1-4,7H,5H2,(H3-,10,11,12,13,14,15)/p+1. The van der Waals surface area contributed by atoms with E-state index in [2.05, 4.69) is 0 Å². The zero-order valence-electron chi connectivity index (χ0n) is 8.42. The average Bonchev–Trinajstić information content (AvgIpc) is 2.12. The molecule has 0 atom stereocenters. The van der Waals surface area contributed by atoms with Gasteiger partial charge in [0.2, 0.25) is 5.40 Å². The van der Waals surface area contributed by atoms with Gasteiger partial charge in [-0.05, 0) is 6.07 Å². The lowest BCUT2D eigenvalue weighted by Crippen LogP contribution is -2.42. The number of hydrogen-bond donors (Lipinski definition) is 4. The number of aromatic nitrogens is 1. The Bertz CT molecular complexity index is 475. The molecule has 1 aromatic rings. The summed E-state index contributed by atoms with van der Waals surface area (Å²) in [6, 6.07) is 3.73. The Morgan fingerprint density at radius 3 is 2.12 bits per heavy atom. The molecular formula is C7H11FNO6P2+. The highest BCUT2D eigenvalue weighted by atomic mass is 31.2. The summed E-state index contributed by atoms with van der Waals surface area (Å²) in [5, 5.41) is -2.25. The Morgan fingerprint density at radius 2 is 1.71 bits per heavy atom. The Labute approximate surface area is 95.9 Å². The van der Waals surface area contributed by atoms with Gasteiger partial charge in [0.05, 0.1) is 0 Å². The number of hydrogen-bond acceptors (Lipinski definition) is 2. The third kappa shape index (κ3) is 3.96. The van der Waals surface area contributed by atoms with Crippen LogP contribution in [0.15, 0.2) is 24.4 Å². The molecule has 0 unspecified atom stereocenters. The van der Waals surface area contributed by atoms with Gasteiger partial charge in [0.1, 0.15) is 0 Å². The molecule has 0 aliphatic carbocycles. The van der Waals surface area contributed by atoms with Crippen LogP contribution in [0.2, 0.25) is 0 Å². The lowest BCUT2D eigenvalue weighted by Gasteiger charge is -2.16. The van der Waals surface area contributed by atoms with Crippen molar-refractivity contribution in [3.05, 3.63) is 30.3 Å². The third-order valence-corrected chi connectivity index (χ3v) is 5.71. The maximum Gasteiger partial charge on any atom is 0.359 e. The molecule has 1 heterocycles. The van der Waals surface area contributed by atoms with Gasteiger partial charge in [-0.25, -0.2) is 0 Å². The van der Waals surface area contributed by atoms with E-state index in [-0.39, 0.29) is 0 Å². The zero-order chi connectivity index (χ0) is 13.3. The van der Waals surface area contributed by atoms with E-state index in [0.29, 0.717) is 0 Å². The van der Waals surface area contributed by atoms with Gasteiger partial charge in [0, 0.05) is 12.1 Å². The predicted molar refractivity (Wildman–Crippen MR) is 54.5 cm³/mol. The second-order valence-electron chi connectivity index (χ2n) is 3.33. The molecule has 0 bridgehead atoms. The van der Waals surface area contributed by atoms with E-state index in [1.54, 1.807) is 0 Å². The molecule has 0 aromatic carbocycles. The molecule has 0 saturated carbocycles. The summed E-state index contributed by atoms with van der Waals surface area (Å²) in [7, 11) is -10.1. The van der Waals surface area contributed by atoms with Crippen LogP contribution in [0.5, 0.6) is 0 Å². The molecule has 7 nitrogen and oxygen atoms in total. The van der Waals surface area contributed by atoms with Crippen molar-refractivity contribution in [3.8, 4) is 0 Å². The van der Waals surface area contributed by atoms with E-state index >= 15 is 0 Å². The van der Waals surface area contributed by atoms with Crippen molar-refractivity contribution in [1.82, 2.24) is 0 Å². The van der Waals surface area contributed by atoms with Crippen molar-refractivity contribution in [2.24, 2.45) is 0 Å². The average molecular weight is 286 g/mol. The second kappa shape index (κ2) is 4.94. The van der Waals surface area contributed by atoms with Gasteiger partial charge in [0.15, 0.2) is 12.7 Å². The SMILES string of the molecule is O=P(O)(O)C(C[n+]1ccccc1F)P(=O)(O)O. The molecule has 10 heteroatoms. The lowest BCUT2D eigenvalue weighted by molar-refractivity contribution is -0.721. The molecule has 4 N–H and O–H groups in total. The quantitative estimate of drug-likeness (QED) is 0.345. The Balaban J connectivity index is 3.09. The molecule has 96 valence electrons. The lowest BCUT2D eigenvalue weighted by atomic mass is 10.5. The van der Waals surface area contributed by atoms with E-state index < -0.39 is 33.1 Å². The smallest absolute Gasteiger partial charge is 0.324 e. The van der Waals surface area contributed by atoms with Crippen molar-refractivity contribution in [1.29, 1.82) is 0 Å². The van der Waals surface area contributed by atoms with Crippen LogP contribution >= 0.6 is 15.2 Å². The molecule has 1 aromatic heterocycles. The zero-order valence-corrected chi connectivity index (χ0v) is 10.2. The molecule has 0 fully saturated rings. The predicted octanol–water partition coefficient (Wildman–Crippen LogP) is -0.205. The van der Waals surface area contributed by atoms with Gasteiger partial charge < -0.3 is 19.6 Å². The van der Waals surface area contributed by atoms with E-state index in [1.165, 1.54) is 12.1 Å². The van der Waals surface area contributed by atoms with Gasteiger partial charge >= 0.3 is 21.1 Å². The van der Waals surface area contributed by atoms with Crippen LogP contribution in [0, 0.1) is 5.95 Å². The van der Waals surface area contributed by atoms with Crippen LogP contribution < -0.4 is 4.57 Å². The molecule has 0 radical (unpaired) electrons. The Hall–Kier alpha value is -0.620. The summed E-state index contributed by atoms with van der Waals surface area (Å²) in [5.74, 6) is -0.848. The normalized spacial score (nSPS) is 13.1. The number of rotatable bonds is 4. The highest BCUT2D eigenvalue weighted by Crippen LogP contribution is 2.59. The van der Waals surface area contributed by atoms with Gasteiger partial charge in [-0.15, -0.1) is 4.39 Å². The monoisotopic (exact) mass is 286 g/mol. The number of nitrogens with zero attached hydrogens (tertiary/aromatic N) is 1. The van der Waals surface area contributed by atoms with Gasteiger partial charge in [-0.1, -0.05) is 0 Å². The molecular weight excluding hydrogens is 275 g/mol. The third-order valence-electron chi connectivity index (χ3n) is 2.02. The molecule has 0 aliphatic heterocycles. The minimum atomic E-state index is -5.03. The van der Waals surface area contributed by atoms with Gasteiger partial charge in [0.25, 0.3) is 0 Å². The van der Waals surface area contributed by atoms with Crippen molar-refractivity contribution >= 4 is 15.2 Å². The Morgan fingerprint density at radius 1 is 1.18 bits per heavy atom. The molecule has 0 amide bonds. The molecule has 17 heavy (non-hydrogen) atoms. The fourth-order valence-electron chi connectivity index (χ4n) is 1.19. The molecule has 1 rings (SSSR count). The van der Waals surface area contributed by atoms with Gasteiger partial charge in [-0.3, -0.25) is 9.13 Å². The highest BCUT2D eigenvalue weighted by molar-refractivity contribution is 7.70. The summed E-state index contributed by atoms with van der Waals surface area (Å²) >= 11 is 0. The first-order valence-electron chi connectivity index (χ1n) is 4.37. The summed E-state index contributed by atoms with van der Waals surface area (Å²) in [6.07, 6.45) is 1.13. The van der Waals surface area contributed by atoms with Crippen molar-refractivity contribution < 1.29 is 37.7 Å². The second-order valence-corrected chi connectivity index (χ2v) is 7.34. The molecule has 0 saturated heterocycles. The largest absolute Gasteiger partial charge is 0.359 e. The first-order valence-corrected chi connectivity index (χ1v) is 7.73. The van der Waals surface area contributed by atoms with E-state index in [0.717, 1.165) is 16.8 Å². The summed E-state index contributed by atoms with van der Waals surface area (Å²) in [6.45, 7) is -0.804. The van der Waals surface area contributed by atoms with Gasteiger partial charge in [-0.2, -0.15) is 4.57 Å². The fourth-order valence-corrected chi connectivity index (χ4v) is 3.53. The number of pyridine rings is 1. The van der Waals surface area contributed by atoms with Crippen molar-refractivity contribution in [3.63, 3.8) is 0 Å². The summed E-state index contributed by atoms with van der Waals surface area (Å²) < 4.78 is 35.8. The van der Waals surface area contributed by atoms with Crippen LogP contribution in [0.3, 0.4) is 0 Å². The first kappa shape index (κ1) is 14.4. The van der Waals surface area contributed by atoms with Crippen molar-refractivity contribution in [2.45, 2.75) is 11.9 Å². The van der Waals surface area contributed by atoms with E-state index in [9.17, 15) is 13.5 Å².